The maximum atomic E-state index is 11.9. The third kappa shape index (κ3) is 5.78. The molecule has 114 valence electrons. The van der Waals surface area contributed by atoms with Crippen molar-refractivity contribution in [2.24, 2.45) is 16.6 Å². The van der Waals surface area contributed by atoms with Crippen LogP contribution in [0.4, 0.5) is 4.79 Å². The van der Waals surface area contributed by atoms with Crippen LogP contribution >= 0.6 is 0 Å². The predicted molar refractivity (Wildman–Crippen MR) is 76.9 cm³/mol. The van der Waals surface area contributed by atoms with E-state index in [1.54, 1.807) is 0 Å². The zero-order valence-corrected chi connectivity index (χ0v) is 13.3. The minimum Gasteiger partial charge on any atom is -0.444 e. The molecule has 2 atom stereocenters. The molecule has 0 heterocycles. The van der Waals surface area contributed by atoms with E-state index in [9.17, 15) is 9.90 Å². The van der Waals surface area contributed by atoms with Gasteiger partial charge < -0.3 is 20.9 Å². The number of ether oxygens (including phenoxy) is 1. The molecule has 0 aliphatic carbocycles. The number of amides is 1. The monoisotopic (exact) mass is 274 g/mol. The SMILES string of the molecule is CC(C)(C)OC(=O)NC(C(C)(C)C)C(C)(CN)CO. The summed E-state index contributed by atoms with van der Waals surface area (Å²) in [4.78, 5) is 11.9. The van der Waals surface area contributed by atoms with E-state index in [1.165, 1.54) is 0 Å². The second kappa shape index (κ2) is 6.09. The number of aliphatic hydroxyl groups excluding tert-OH is 1. The molecule has 5 heteroatoms. The molecule has 0 bridgehead atoms. The van der Waals surface area contributed by atoms with Crippen LogP contribution in [-0.2, 0) is 4.74 Å². The van der Waals surface area contributed by atoms with Crippen LogP contribution in [0.5, 0.6) is 0 Å². The molecule has 0 aliphatic rings. The van der Waals surface area contributed by atoms with Crippen LogP contribution in [0.25, 0.3) is 0 Å². The first kappa shape index (κ1) is 18.2. The largest absolute Gasteiger partial charge is 0.444 e. The van der Waals surface area contributed by atoms with Gasteiger partial charge in [-0.1, -0.05) is 27.7 Å². The third-order valence-corrected chi connectivity index (χ3v) is 3.05. The first-order chi connectivity index (χ1) is 8.35. The summed E-state index contributed by atoms with van der Waals surface area (Å²) in [6.07, 6.45) is -0.486. The topological polar surface area (TPSA) is 84.6 Å². The molecule has 0 saturated carbocycles. The van der Waals surface area contributed by atoms with Gasteiger partial charge in [0.25, 0.3) is 0 Å². The lowest BCUT2D eigenvalue weighted by atomic mass is 9.70. The van der Waals surface area contributed by atoms with Crippen LogP contribution in [0, 0.1) is 10.8 Å². The molecule has 0 aromatic heterocycles. The van der Waals surface area contributed by atoms with E-state index >= 15 is 0 Å². The Bertz CT molecular complexity index is 299. The number of nitrogens with one attached hydrogen (secondary N) is 1. The van der Waals surface area contributed by atoms with Crippen molar-refractivity contribution < 1.29 is 14.6 Å². The summed E-state index contributed by atoms with van der Waals surface area (Å²) >= 11 is 0. The van der Waals surface area contributed by atoms with E-state index in [0.29, 0.717) is 0 Å². The molecule has 4 N–H and O–H groups in total. The van der Waals surface area contributed by atoms with Gasteiger partial charge in [-0.15, -0.1) is 0 Å². The van der Waals surface area contributed by atoms with Crippen LogP contribution in [-0.4, -0.2) is 36.0 Å². The lowest BCUT2D eigenvalue weighted by Gasteiger charge is -2.43. The number of hydrogen-bond donors (Lipinski definition) is 3. The molecule has 0 spiro atoms. The standard InChI is InChI=1S/C14H30N2O3/c1-12(2,3)10(14(7,8-15)9-17)16-11(18)19-13(4,5)6/h10,17H,8-9,15H2,1-7H3,(H,16,18). The second-order valence-corrected chi connectivity index (χ2v) is 7.46. The number of carbonyl (C=O) groups is 1. The molecule has 0 aromatic rings. The van der Waals surface area contributed by atoms with Crippen molar-refractivity contribution in [2.45, 2.75) is 60.1 Å². The third-order valence-electron chi connectivity index (χ3n) is 3.05. The number of hydrogen-bond acceptors (Lipinski definition) is 4. The summed E-state index contributed by atoms with van der Waals surface area (Å²) in [7, 11) is 0. The Morgan fingerprint density at radius 2 is 1.68 bits per heavy atom. The van der Waals surface area contributed by atoms with Gasteiger partial charge in [-0.25, -0.2) is 4.79 Å². The molecule has 0 aromatic carbocycles. The minimum atomic E-state index is -0.588. The van der Waals surface area contributed by atoms with E-state index in [1.807, 2.05) is 48.5 Å². The van der Waals surface area contributed by atoms with Gasteiger partial charge in [-0.2, -0.15) is 0 Å². The Kier molecular flexibility index (Phi) is 5.83. The van der Waals surface area contributed by atoms with Gasteiger partial charge in [0.15, 0.2) is 0 Å². The van der Waals surface area contributed by atoms with Crippen LogP contribution in [0.1, 0.15) is 48.5 Å². The van der Waals surface area contributed by atoms with Crippen LogP contribution in [0.15, 0.2) is 0 Å². The van der Waals surface area contributed by atoms with Gasteiger partial charge in [0, 0.05) is 18.0 Å². The number of nitrogens with two attached hydrogens (primary N) is 1. The van der Waals surface area contributed by atoms with Gasteiger partial charge in [0.2, 0.25) is 0 Å². The highest BCUT2D eigenvalue weighted by atomic mass is 16.6. The van der Waals surface area contributed by atoms with Crippen LogP contribution < -0.4 is 11.1 Å². The van der Waals surface area contributed by atoms with Crippen molar-refractivity contribution in [3.05, 3.63) is 0 Å². The quantitative estimate of drug-likeness (QED) is 0.731. The molecule has 0 fully saturated rings. The summed E-state index contributed by atoms with van der Waals surface area (Å²) in [5.74, 6) is 0. The van der Waals surface area contributed by atoms with E-state index in [4.69, 9.17) is 10.5 Å². The maximum Gasteiger partial charge on any atom is 0.407 e. The predicted octanol–water partition coefficient (Wildman–Crippen LogP) is 1.88. The number of aliphatic hydroxyl groups is 1. The lowest BCUT2D eigenvalue weighted by Crippen LogP contribution is -2.58. The number of rotatable bonds is 4. The van der Waals surface area contributed by atoms with Crippen molar-refractivity contribution in [1.29, 1.82) is 0 Å². The summed E-state index contributed by atoms with van der Waals surface area (Å²) in [5, 5.41) is 12.4. The summed E-state index contributed by atoms with van der Waals surface area (Å²) < 4.78 is 5.28. The molecule has 0 radical (unpaired) electrons. The highest BCUT2D eigenvalue weighted by molar-refractivity contribution is 5.68. The minimum absolute atomic E-state index is 0.0960. The Hall–Kier alpha value is -0.810. The fourth-order valence-electron chi connectivity index (χ4n) is 2.14. The fraction of sp³-hybridized carbons (Fsp3) is 0.929. The summed E-state index contributed by atoms with van der Waals surface area (Å²) in [6, 6.07) is -0.287. The highest BCUT2D eigenvalue weighted by Crippen LogP contribution is 2.33. The fourth-order valence-corrected chi connectivity index (χ4v) is 2.14. The normalized spacial score (nSPS) is 17.5. The molecule has 0 aliphatic heterocycles. The van der Waals surface area contributed by atoms with E-state index in [-0.39, 0.29) is 24.6 Å². The van der Waals surface area contributed by atoms with Gasteiger partial charge in [-0.3, -0.25) is 0 Å². The van der Waals surface area contributed by atoms with Crippen molar-refractivity contribution in [3.8, 4) is 0 Å². The highest BCUT2D eigenvalue weighted by Gasteiger charge is 2.41. The van der Waals surface area contributed by atoms with Crippen molar-refractivity contribution in [3.63, 3.8) is 0 Å². The Morgan fingerprint density at radius 3 is 1.95 bits per heavy atom. The van der Waals surface area contributed by atoms with E-state index < -0.39 is 17.1 Å². The maximum absolute atomic E-state index is 11.9. The van der Waals surface area contributed by atoms with Crippen molar-refractivity contribution in [2.75, 3.05) is 13.2 Å². The molecule has 1 amide bonds. The first-order valence-corrected chi connectivity index (χ1v) is 6.66. The van der Waals surface area contributed by atoms with Gasteiger partial charge in [0.1, 0.15) is 5.60 Å². The summed E-state index contributed by atoms with van der Waals surface area (Å²) in [5.41, 5.74) is 4.38. The molecule has 0 rings (SSSR count). The summed E-state index contributed by atoms with van der Waals surface area (Å²) in [6.45, 7) is 13.5. The van der Waals surface area contributed by atoms with Gasteiger partial charge >= 0.3 is 6.09 Å². The Morgan fingerprint density at radius 1 is 1.21 bits per heavy atom. The lowest BCUT2D eigenvalue weighted by molar-refractivity contribution is 0.0202. The van der Waals surface area contributed by atoms with E-state index in [0.717, 1.165) is 0 Å². The van der Waals surface area contributed by atoms with Gasteiger partial charge in [0.05, 0.1) is 6.61 Å². The number of alkyl carbamates (subject to hydrolysis) is 1. The molecule has 0 saturated heterocycles. The van der Waals surface area contributed by atoms with Crippen molar-refractivity contribution >= 4 is 6.09 Å². The molecule has 2 unspecified atom stereocenters. The number of carbonyl (C=O) groups excluding carboxylic acids is 1. The van der Waals surface area contributed by atoms with E-state index in [2.05, 4.69) is 5.32 Å². The Labute approximate surface area is 116 Å². The molecular weight excluding hydrogens is 244 g/mol. The Balaban J connectivity index is 5.06. The first-order valence-electron chi connectivity index (χ1n) is 6.66. The van der Waals surface area contributed by atoms with Gasteiger partial charge in [-0.05, 0) is 26.2 Å². The molecule has 5 nitrogen and oxygen atoms in total. The van der Waals surface area contributed by atoms with Crippen LogP contribution in [0.2, 0.25) is 0 Å². The second-order valence-electron chi connectivity index (χ2n) is 7.46. The molecular formula is C14H30N2O3. The zero-order chi connectivity index (χ0) is 15.5. The van der Waals surface area contributed by atoms with Crippen molar-refractivity contribution in [1.82, 2.24) is 5.32 Å². The van der Waals surface area contributed by atoms with Crippen LogP contribution in [0.3, 0.4) is 0 Å². The average molecular weight is 274 g/mol. The molecule has 19 heavy (non-hydrogen) atoms. The zero-order valence-electron chi connectivity index (χ0n) is 13.3. The average Bonchev–Trinajstić information content (AvgIpc) is 2.21. The smallest absolute Gasteiger partial charge is 0.407 e.